The molecule has 0 saturated carbocycles. The number of rotatable bonds is 0. The minimum atomic E-state index is -0.335. The zero-order chi connectivity index (χ0) is 10.5. The number of anilines is 1. The molecule has 74 valence electrons. The fourth-order valence-corrected chi connectivity index (χ4v) is 1.25. The van der Waals surface area contributed by atoms with Crippen molar-refractivity contribution in [3.63, 3.8) is 0 Å². The number of phenols is 1. The van der Waals surface area contributed by atoms with Gasteiger partial charge in [0.1, 0.15) is 11.3 Å². The summed E-state index contributed by atoms with van der Waals surface area (Å²) in [7, 11) is 0. The molecule has 7 heteroatoms. The lowest BCUT2D eigenvalue weighted by Crippen LogP contribution is -2.18. The number of fused-ring (bicyclic) bond motifs is 1. The normalized spacial score (nSPS) is 10.9. The first-order valence-corrected chi connectivity index (χ1v) is 3.71. The SMILES string of the molecule is N=c1c2cc(O)c(N)cc2n(O)n1O. The number of nitrogens with one attached hydrogen (secondary N) is 1. The second-order valence-corrected chi connectivity index (χ2v) is 2.86. The molecule has 0 atom stereocenters. The average Bonchev–Trinajstić information content (AvgIpc) is 2.34. The first-order valence-electron chi connectivity index (χ1n) is 3.71. The van der Waals surface area contributed by atoms with Crippen LogP contribution in [-0.2, 0) is 0 Å². The van der Waals surface area contributed by atoms with Crippen LogP contribution in [-0.4, -0.2) is 25.2 Å². The van der Waals surface area contributed by atoms with Crippen LogP contribution in [0.2, 0.25) is 0 Å². The average molecular weight is 196 g/mol. The summed E-state index contributed by atoms with van der Waals surface area (Å²) in [6, 6.07) is 2.46. The molecule has 0 spiro atoms. The molecule has 7 nitrogen and oxygen atoms in total. The summed E-state index contributed by atoms with van der Waals surface area (Å²) in [5.74, 6) is -0.197. The van der Waals surface area contributed by atoms with Crippen LogP contribution < -0.4 is 11.2 Å². The van der Waals surface area contributed by atoms with Gasteiger partial charge in [0.15, 0.2) is 5.49 Å². The minimum absolute atomic E-state index is 0.0610. The topological polar surface area (TPSA) is 120 Å². The van der Waals surface area contributed by atoms with E-state index in [1.54, 1.807) is 0 Å². The number of hydrogen-bond donors (Lipinski definition) is 5. The van der Waals surface area contributed by atoms with E-state index in [1.807, 2.05) is 0 Å². The third-order valence-electron chi connectivity index (χ3n) is 2.00. The molecule has 0 fully saturated rings. The van der Waals surface area contributed by atoms with Crippen LogP contribution in [0.4, 0.5) is 5.69 Å². The maximum absolute atomic E-state index is 9.27. The van der Waals surface area contributed by atoms with Crippen LogP contribution in [0.3, 0.4) is 0 Å². The van der Waals surface area contributed by atoms with Crippen LogP contribution in [0, 0.1) is 5.41 Å². The van der Waals surface area contributed by atoms with Crippen molar-refractivity contribution in [1.82, 2.24) is 9.69 Å². The summed E-state index contributed by atoms with van der Waals surface area (Å²) in [5, 5.41) is 35.2. The van der Waals surface area contributed by atoms with Crippen LogP contribution in [0.15, 0.2) is 12.1 Å². The monoisotopic (exact) mass is 196 g/mol. The molecule has 2 aromatic rings. The molecular formula is C7H8N4O3. The number of hydrogen-bond acceptors (Lipinski definition) is 5. The first-order chi connectivity index (χ1) is 6.52. The maximum Gasteiger partial charge on any atom is 0.193 e. The Bertz CT molecular complexity index is 568. The van der Waals surface area contributed by atoms with E-state index in [1.165, 1.54) is 12.1 Å². The van der Waals surface area contributed by atoms with Crippen LogP contribution in [0.1, 0.15) is 0 Å². The van der Waals surface area contributed by atoms with E-state index in [0.717, 1.165) is 0 Å². The highest BCUT2D eigenvalue weighted by molar-refractivity contribution is 5.84. The fourth-order valence-electron chi connectivity index (χ4n) is 1.25. The third-order valence-corrected chi connectivity index (χ3v) is 2.00. The van der Waals surface area contributed by atoms with Gasteiger partial charge in [-0.25, -0.2) is 0 Å². The predicted octanol–water partition coefficient (Wildman–Crippen LogP) is -0.315. The molecule has 0 saturated heterocycles. The van der Waals surface area contributed by atoms with Crippen molar-refractivity contribution in [2.75, 3.05) is 5.73 Å². The molecule has 6 N–H and O–H groups in total. The molecule has 0 unspecified atom stereocenters. The van der Waals surface area contributed by atoms with Gasteiger partial charge in [-0.2, -0.15) is 0 Å². The minimum Gasteiger partial charge on any atom is -0.506 e. The molecule has 0 aliphatic heterocycles. The highest BCUT2D eigenvalue weighted by Crippen LogP contribution is 2.24. The number of phenolic OH excluding ortho intramolecular Hbond substituents is 1. The number of benzene rings is 1. The van der Waals surface area contributed by atoms with Gasteiger partial charge < -0.3 is 21.3 Å². The summed E-state index contributed by atoms with van der Waals surface area (Å²) in [6.07, 6.45) is 0. The lowest BCUT2D eigenvalue weighted by Gasteiger charge is -1.99. The number of aromatic nitrogens is 2. The van der Waals surface area contributed by atoms with Gasteiger partial charge in [-0.3, -0.25) is 5.41 Å². The van der Waals surface area contributed by atoms with Crippen molar-refractivity contribution in [2.24, 2.45) is 0 Å². The predicted molar refractivity (Wildman–Crippen MR) is 46.2 cm³/mol. The Morgan fingerprint density at radius 1 is 1.21 bits per heavy atom. The molecule has 0 aliphatic carbocycles. The molecule has 14 heavy (non-hydrogen) atoms. The molecule has 0 amide bonds. The molecular weight excluding hydrogens is 188 g/mol. The number of aromatic hydroxyl groups is 1. The van der Waals surface area contributed by atoms with Gasteiger partial charge >= 0.3 is 0 Å². The summed E-state index contributed by atoms with van der Waals surface area (Å²) < 4.78 is 0. The van der Waals surface area contributed by atoms with Gasteiger partial charge in [-0.1, -0.05) is 9.69 Å². The van der Waals surface area contributed by atoms with E-state index < -0.39 is 0 Å². The Hall–Kier alpha value is -2.31. The molecule has 0 bridgehead atoms. The molecule has 2 rings (SSSR count). The summed E-state index contributed by atoms with van der Waals surface area (Å²) in [5.41, 5.74) is 5.26. The Kier molecular flexibility index (Phi) is 1.39. The molecule has 1 aromatic heterocycles. The summed E-state index contributed by atoms with van der Waals surface area (Å²) in [6.45, 7) is 0. The summed E-state index contributed by atoms with van der Waals surface area (Å²) in [4.78, 5) is 0.608. The Labute approximate surface area is 77.2 Å². The van der Waals surface area contributed by atoms with E-state index in [9.17, 15) is 10.3 Å². The van der Waals surface area contributed by atoms with Crippen molar-refractivity contribution < 1.29 is 15.5 Å². The molecule has 0 radical (unpaired) electrons. The molecule has 1 heterocycles. The van der Waals surface area contributed by atoms with Gasteiger partial charge in [-0.05, 0) is 12.1 Å². The van der Waals surface area contributed by atoms with Crippen LogP contribution in [0.5, 0.6) is 5.75 Å². The smallest absolute Gasteiger partial charge is 0.193 e. The zero-order valence-electron chi connectivity index (χ0n) is 6.97. The first kappa shape index (κ1) is 8.30. The van der Waals surface area contributed by atoms with E-state index in [-0.39, 0.29) is 32.7 Å². The molecule has 1 aromatic carbocycles. The van der Waals surface area contributed by atoms with Crippen molar-refractivity contribution in [3.05, 3.63) is 17.6 Å². The Balaban J connectivity index is 3.04. The van der Waals surface area contributed by atoms with Crippen molar-refractivity contribution in [1.29, 1.82) is 5.41 Å². The number of nitrogens with two attached hydrogens (primary N) is 1. The van der Waals surface area contributed by atoms with Crippen molar-refractivity contribution >= 4 is 16.6 Å². The Morgan fingerprint density at radius 3 is 2.50 bits per heavy atom. The van der Waals surface area contributed by atoms with Gasteiger partial charge in [0.2, 0.25) is 0 Å². The molecule has 0 aliphatic rings. The van der Waals surface area contributed by atoms with E-state index in [4.69, 9.17) is 16.4 Å². The lowest BCUT2D eigenvalue weighted by atomic mass is 10.2. The Morgan fingerprint density at radius 2 is 1.86 bits per heavy atom. The summed E-state index contributed by atoms with van der Waals surface area (Å²) >= 11 is 0. The maximum atomic E-state index is 9.27. The van der Waals surface area contributed by atoms with E-state index in [2.05, 4.69) is 0 Å². The largest absolute Gasteiger partial charge is 0.506 e. The van der Waals surface area contributed by atoms with Crippen molar-refractivity contribution in [3.8, 4) is 5.75 Å². The van der Waals surface area contributed by atoms with Crippen molar-refractivity contribution in [2.45, 2.75) is 0 Å². The third kappa shape index (κ3) is 0.830. The second-order valence-electron chi connectivity index (χ2n) is 2.86. The highest BCUT2D eigenvalue weighted by Gasteiger charge is 2.11. The number of nitrogens with zero attached hydrogens (tertiary/aromatic N) is 2. The van der Waals surface area contributed by atoms with Gasteiger partial charge in [0.05, 0.1) is 11.1 Å². The van der Waals surface area contributed by atoms with Crippen LogP contribution >= 0.6 is 0 Å². The van der Waals surface area contributed by atoms with Crippen LogP contribution in [0.25, 0.3) is 10.9 Å². The quantitative estimate of drug-likeness (QED) is 0.225. The van der Waals surface area contributed by atoms with E-state index in [0.29, 0.717) is 4.85 Å². The zero-order valence-corrected chi connectivity index (χ0v) is 6.97. The second kappa shape index (κ2) is 2.34. The number of nitrogen functional groups attached to an aromatic ring is 1. The fraction of sp³-hybridized carbons (Fsp3) is 0. The highest BCUT2D eigenvalue weighted by atomic mass is 16.6. The lowest BCUT2D eigenvalue weighted by molar-refractivity contribution is -0.0104. The van der Waals surface area contributed by atoms with Gasteiger partial charge in [0, 0.05) is 0 Å². The standard InChI is InChI=1S/C7H8N4O3/c8-4-2-5-3(1-6(4)12)7(9)11(14)10(5)13/h1-2,9,12-14H,8H2. The van der Waals surface area contributed by atoms with Gasteiger partial charge in [-0.15, -0.1) is 0 Å². The van der Waals surface area contributed by atoms with Gasteiger partial charge in [0.25, 0.3) is 0 Å². The van der Waals surface area contributed by atoms with E-state index >= 15 is 0 Å².